The fraction of sp³-hybridized carbons (Fsp3) is 0.111. The van der Waals surface area contributed by atoms with Crippen molar-refractivity contribution < 1.29 is 23.2 Å². The average molecular weight is 523 g/mol. The zero-order chi connectivity index (χ0) is 25.0. The monoisotopic (exact) mass is 522 g/mol. The highest BCUT2D eigenvalue weighted by atomic mass is 35.5. The maximum atomic E-state index is 13.6. The molecule has 0 radical (unpaired) electrons. The second-order valence-electron chi connectivity index (χ2n) is 8.47. The van der Waals surface area contributed by atoms with Gasteiger partial charge in [-0.05, 0) is 66.7 Å². The number of carbonyl (C=O) groups is 2. The number of rotatable bonds is 4. The predicted molar refractivity (Wildman–Crippen MR) is 133 cm³/mol. The first-order chi connectivity index (χ1) is 17.4. The van der Waals surface area contributed by atoms with Gasteiger partial charge in [-0.25, -0.2) is 14.4 Å². The van der Waals surface area contributed by atoms with Gasteiger partial charge in [-0.3, -0.25) is 14.4 Å². The largest absolute Gasteiger partial charge is 0.459 e. The van der Waals surface area contributed by atoms with E-state index in [4.69, 9.17) is 32.5 Å². The molecule has 1 aromatic heterocycles. The minimum atomic E-state index is -1.07. The van der Waals surface area contributed by atoms with Crippen molar-refractivity contribution in [2.75, 3.05) is 9.96 Å². The Morgan fingerprint density at radius 2 is 1.56 bits per heavy atom. The third kappa shape index (κ3) is 3.67. The number of nitrogens with zero attached hydrogens (tertiary/aromatic N) is 2. The van der Waals surface area contributed by atoms with Crippen molar-refractivity contribution in [2.45, 2.75) is 12.1 Å². The Hall–Kier alpha value is -3.65. The van der Waals surface area contributed by atoms with Gasteiger partial charge < -0.3 is 4.42 Å². The summed E-state index contributed by atoms with van der Waals surface area (Å²) >= 11 is 12.4. The molecule has 36 heavy (non-hydrogen) atoms. The van der Waals surface area contributed by atoms with Crippen LogP contribution in [0.25, 0.3) is 11.3 Å². The van der Waals surface area contributed by atoms with Gasteiger partial charge in [0.1, 0.15) is 29.3 Å². The van der Waals surface area contributed by atoms with Gasteiger partial charge >= 0.3 is 0 Å². The summed E-state index contributed by atoms with van der Waals surface area (Å²) in [7, 11) is 0. The number of imide groups is 1. The van der Waals surface area contributed by atoms with E-state index in [9.17, 15) is 14.0 Å². The van der Waals surface area contributed by atoms with Crippen molar-refractivity contribution in [3.63, 3.8) is 0 Å². The molecule has 0 bridgehead atoms. The van der Waals surface area contributed by atoms with Crippen LogP contribution in [0.2, 0.25) is 10.0 Å². The van der Waals surface area contributed by atoms with Gasteiger partial charge in [-0.2, -0.15) is 0 Å². The van der Waals surface area contributed by atoms with Crippen molar-refractivity contribution in [3.8, 4) is 11.3 Å². The second kappa shape index (κ2) is 8.78. The third-order valence-corrected chi connectivity index (χ3v) is 6.87. The topological polar surface area (TPSA) is 63.0 Å². The average Bonchev–Trinajstić information content (AvgIpc) is 3.56. The number of hydrogen-bond acceptors (Lipinski definition) is 5. The van der Waals surface area contributed by atoms with Crippen molar-refractivity contribution in [2.24, 2.45) is 5.92 Å². The maximum absolute atomic E-state index is 13.6. The Labute approximate surface area is 215 Å². The van der Waals surface area contributed by atoms with Gasteiger partial charge in [-0.15, -0.1) is 0 Å². The van der Waals surface area contributed by atoms with E-state index >= 15 is 0 Å². The number of para-hydroxylation sites is 1. The van der Waals surface area contributed by atoms with E-state index in [2.05, 4.69) is 0 Å². The summed E-state index contributed by atoms with van der Waals surface area (Å²) in [4.78, 5) is 34.1. The Bertz CT molecular complexity index is 1470. The lowest BCUT2D eigenvalue weighted by atomic mass is 9.94. The molecule has 0 aliphatic carbocycles. The summed E-state index contributed by atoms with van der Waals surface area (Å²) in [5.74, 6) is -1.42. The lowest BCUT2D eigenvalue weighted by Crippen LogP contribution is -2.37. The normalized spacial score (nSPS) is 21.4. The Kier molecular flexibility index (Phi) is 5.56. The van der Waals surface area contributed by atoms with Crippen molar-refractivity contribution in [3.05, 3.63) is 107 Å². The number of furan rings is 1. The number of anilines is 2. The fourth-order valence-electron chi connectivity index (χ4n) is 4.69. The van der Waals surface area contributed by atoms with Gasteiger partial charge in [-0.1, -0.05) is 41.4 Å². The Balaban J connectivity index is 1.42. The molecule has 6 nitrogen and oxygen atoms in total. The lowest BCUT2D eigenvalue weighted by molar-refractivity contribution is -0.126. The molecule has 4 aromatic rings. The number of benzene rings is 3. The molecule has 3 heterocycles. The number of hydroxylamine groups is 1. The Morgan fingerprint density at radius 3 is 2.28 bits per heavy atom. The molecule has 2 saturated heterocycles. The maximum Gasteiger partial charge on any atom is 0.266 e. The SMILES string of the molecule is O=C1[C@@H]2[C@@H](c3ccc(-c4ccc(Cl)cc4Cl)o3)N(c3ccccc3)O[C@H]2C(=O)N1c1ccc(F)cc1. The minimum absolute atomic E-state index is 0.280. The summed E-state index contributed by atoms with van der Waals surface area (Å²) in [6, 6.07) is 22.2. The molecule has 0 unspecified atom stereocenters. The van der Waals surface area contributed by atoms with Crippen LogP contribution in [0.4, 0.5) is 15.8 Å². The van der Waals surface area contributed by atoms with Gasteiger partial charge in [0, 0.05) is 10.6 Å². The molecular weight excluding hydrogens is 506 g/mol. The number of fused-ring (bicyclic) bond motifs is 1. The quantitative estimate of drug-likeness (QED) is 0.288. The summed E-state index contributed by atoms with van der Waals surface area (Å²) in [5.41, 5.74) is 1.58. The Morgan fingerprint density at radius 1 is 0.806 bits per heavy atom. The summed E-state index contributed by atoms with van der Waals surface area (Å²) in [5, 5.41) is 2.45. The first-order valence-corrected chi connectivity index (χ1v) is 11.9. The van der Waals surface area contributed by atoms with Gasteiger partial charge in [0.05, 0.1) is 16.4 Å². The highest BCUT2D eigenvalue weighted by molar-refractivity contribution is 6.36. The number of hydrogen-bond donors (Lipinski definition) is 0. The van der Waals surface area contributed by atoms with E-state index in [0.29, 0.717) is 32.8 Å². The van der Waals surface area contributed by atoms with E-state index in [1.807, 2.05) is 30.3 Å². The smallest absolute Gasteiger partial charge is 0.266 e. The highest BCUT2D eigenvalue weighted by Gasteiger charge is 2.61. The van der Waals surface area contributed by atoms with Crippen LogP contribution in [-0.4, -0.2) is 17.9 Å². The van der Waals surface area contributed by atoms with Crippen LogP contribution in [0.5, 0.6) is 0 Å². The number of carbonyl (C=O) groups excluding carboxylic acids is 2. The van der Waals surface area contributed by atoms with Crippen LogP contribution in [0.15, 0.2) is 89.3 Å². The highest BCUT2D eigenvalue weighted by Crippen LogP contribution is 2.48. The van der Waals surface area contributed by atoms with Crippen molar-refractivity contribution in [1.29, 1.82) is 0 Å². The van der Waals surface area contributed by atoms with Crippen LogP contribution in [0.1, 0.15) is 11.8 Å². The van der Waals surface area contributed by atoms with E-state index in [1.165, 1.54) is 24.3 Å². The number of amides is 2. The zero-order valence-corrected chi connectivity index (χ0v) is 20.0. The van der Waals surface area contributed by atoms with E-state index < -0.39 is 35.7 Å². The van der Waals surface area contributed by atoms with E-state index in [-0.39, 0.29) is 5.69 Å². The minimum Gasteiger partial charge on any atom is -0.459 e. The predicted octanol–water partition coefficient (Wildman–Crippen LogP) is 6.44. The van der Waals surface area contributed by atoms with E-state index in [0.717, 1.165) is 4.90 Å². The van der Waals surface area contributed by atoms with E-state index in [1.54, 1.807) is 35.4 Å². The molecule has 0 N–H and O–H groups in total. The molecule has 0 spiro atoms. The zero-order valence-electron chi connectivity index (χ0n) is 18.5. The van der Waals surface area contributed by atoms with Gasteiger partial charge in [0.2, 0.25) is 5.91 Å². The molecule has 6 rings (SSSR count). The summed E-state index contributed by atoms with van der Waals surface area (Å²) in [6.07, 6.45) is -1.07. The van der Waals surface area contributed by atoms with Crippen LogP contribution in [0, 0.1) is 11.7 Å². The third-order valence-electron chi connectivity index (χ3n) is 6.33. The van der Waals surface area contributed by atoms with Crippen molar-refractivity contribution in [1.82, 2.24) is 0 Å². The molecule has 9 heteroatoms. The van der Waals surface area contributed by atoms with Crippen molar-refractivity contribution >= 4 is 46.4 Å². The molecule has 0 saturated carbocycles. The molecule has 2 aliphatic rings. The van der Waals surface area contributed by atoms with Gasteiger partial charge in [0.15, 0.2) is 6.10 Å². The molecule has 3 atom stereocenters. The molecule has 2 aliphatic heterocycles. The van der Waals surface area contributed by atoms with Crippen LogP contribution < -0.4 is 9.96 Å². The number of halogens is 3. The summed E-state index contributed by atoms with van der Waals surface area (Å²) in [6.45, 7) is 0. The lowest BCUT2D eigenvalue weighted by Gasteiger charge is -2.27. The molecule has 3 aromatic carbocycles. The van der Waals surface area contributed by atoms with Gasteiger partial charge in [0.25, 0.3) is 5.91 Å². The van der Waals surface area contributed by atoms with Crippen LogP contribution >= 0.6 is 23.2 Å². The molecule has 2 fully saturated rings. The molecular formula is C27H17Cl2FN2O4. The molecule has 2 amide bonds. The first-order valence-electron chi connectivity index (χ1n) is 11.1. The fourth-order valence-corrected chi connectivity index (χ4v) is 5.19. The summed E-state index contributed by atoms with van der Waals surface area (Å²) < 4.78 is 19.7. The standard InChI is InChI=1S/C27H17Cl2FN2O4/c28-15-6-11-19(20(29)14-15)21-12-13-22(35-21)24-23-25(36-32(24)18-4-2-1-3-5-18)27(34)31(26(23)33)17-9-7-16(30)8-10-17/h1-14,23-25H/t23-,24-,25-/m1/s1. The van der Waals surface area contributed by atoms with Crippen LogP contribution in [0.3, 0.4) is 0 Å². The molecule has 180 valence electrons. The van der Waals surface area contributed by atoms with Crippen LogP contribution in [-0.2, 0) is 14.4 Å². The first kappa shape index (κ1) is 22.8. The second-order valence-corrected chi connectivity index (χ2v) is 9.32.